The van der Waals surface area contributed by atoms with Gasteiger partial charge in [0.25, 0.3) is 0 Å². The van der Waals surface area contributed by atoms with Crippen molar-refractivity contribution in [1.82, 2.24) is 4.90 Å². The molecule has 1 aliphatic rings. The number of anilines is 1. The molecule has 0 bridgehead atoms. The van der Waals surface area contributed by atoms with Crippen molar-refractivity contribution < 1.29 is 19.1 Å². The van der Waals surface area contributed by atoms with Crippen molar-refractivity contribution in [2.45, 2.75) is 38.8 Å². The lowest BCUT2D eigenvalue weighted by atomic mass is 9.88. The minimum Gasteiger partial charge on any atom is -0.447 e. The first kappa shape index (κ1) is 22.1. The molecular weight excluding hydrogens is 404 g/mol. The monoisotopic (exact) mass is 430 g/mol. The minimum absolute atomic E-state index is 0.0797. The number of nitrogens with one attached hydrogen (secondary N) is 1. The van der Waals surface area contributed by atoms with E-state index < -0.39 is 11.6 Å². The Kier molecular flexibility index (Phi) is 7.34. The molecular formula is C23H27ClN2O4. The quantitative estimate of drug-likeness (QED) is 0.646. The lowest BCUT2D eigenvalue weighted by molar-refractivity contribution is -0.132. The fourth-order valence-electron chi connectivity index (χ4n) is 3.69. The van der Waals surface area contributed by atoms with E-state index in [0.717, 1.165) is 23.1 Å². The summed E-state index contributed by atoms with van der Waals surface area (Å²) in [4.78, 5) is 26.2. The first-order valence-electron chi connectivity index (χ1n) is 9.98. The normalized spacial score (nSPS) is 15.3. The van der Waals surface area contributed by atoms with Gasteiger partial charge in [0.1, 0.15) is 6.61 Å². The minimum atomic E-state index is -0.640. The molecule has 1 heterocycles. The number of ether oxygens (including phenoxy) is 2. The van der Waals surface area contributed by atoms with Crippen molar-refractivity contribution in [3.8, 4) is 0 Å². The molecule has 3 rings (SSSR count). The first-order valence-corrected chi connectivity index (χ1v) is 10.4. The fraction of sp³-hybridized carbons (Fsp3) is 0.391. The van der Waals surface area contributed by atoms with Crippen molar-refractivity contribution in [1.29, 1.82) is 0 Å². The van der Waals surface area contributed by atoms with Crippen LogP contribution in [0.4, 0.5) is 10.5 Å². The molecule has 2 aromatic carbocycles. The Hall–Kier alpha value is -2.57. The van der Waals surface area contributed by atoms with Crippen LogP contribution in [0.25, 0.3) is 0 Å². The largest absolute Gasteiger partial charge is 0.447 e. The van der Waals surface area contributed by atoms with Crippen LogP contribution in [0.3, 0.4) is 0 Å². The maximum Gasteiger partial charge on any atom is 0.411 e. The van der Waals surface area contributed by atoms with Crippen LogP contribution >= 0.6 is 11.6 Å². The van der Waals surface area contributed by atoms with E-state index >= 15 is 0 Å². The molecule has 0 spiro atoms. The number of amides is 2. The van der Waals surface area contributed by atoms with E-state index in [0.29, 0.717) is 43.3 Å². The van der Waals surface area contributed by atoms with Crippen LogP contribution < -0.4 is 5.32 Å². The number of rotatable bonds is 7. The molecule has 0 aliphatic carbocycles. The molecule has 2 aromatic rings. The van der Waals surface area contributed by atoms with Gasteiger partial charge in [-0.15, -0.1) is 0 Å². The number of benzene rings is 2. The zero-order valence-corrected chi connectivity index (χ0v) is 18.1. The number of halogens is 1. The molecule has 7 heteroatoms. The zero-order chi connectivity index (χ0) is 21.6. The molecule has 0 atom stereocenters. The van der Waals surface area contributed by atoms with Crippen molar-refractivity contribution >= 4 is 29.8 Å². The lowest BCUT2D eigenvalue weighted by Gasteiger charge is -2.44. The Morgan fingerprint density at radius 2 is 1.97 bits per heavy atom. The maximum absolute atomic E-state index is 12.5. The van der Waals surface area contributed by atoms with Crippen molar-refractivity contribution in [3.05, 3.63) is 64.2 Å². The van der Waals surface area contributed by atoms with Crippen LogP contribution in [-0.2, 0) is 20.8 Å². The van der Waals surface area contributed by atoms with Gasteiger partial charge in [-0.25, -0.2) is 4.79 Å². The van der Waals surface area contributed by atoms with Crippen LogP contribution in [0.5, 0.6) is 0 Å². The lowest BCUT2D eigenvalue weighted by Crippen LogP contribution is -2.55. The highest BCUT2D eigenvalue weighted by Crippen LogP contribution is 2.30. The highest BCUT2D eigenvalue weighted by Gasteiger charge is 2.40. The SMILES string of the molecule is Cc1ccc(NC(=O)OCC2(N(C=O)Cc3ccccc3Cl)CCOCC2)c(C)c1. The van der Waals surface area contributed by atoms with Crippen LogP contribution in [0.15, 0.2) is 42.5 Å². The topological polar surface area (TPSA) is 67.9 Å². The van der Waals surface area contributed by atoms with Crippen molar-refractivity contribution in [3.63, 3.8) is 0 Å². The summed E-state index contributed by atoms with van der Waals surface area (Å²) in [6, 6.07) is 13.2. The highest BCUT2D eigenvalue weighted by atomic mass is 35.5. The third-order valence-electron chi connectivity index (χ3n) is 5.55. The molecule has 6 nitrogen and oxygen atoms in total. The zero-order valence-electron chi connectivity index (χ0n) is 17.3. The average molecular weight is 431 g/mol. The molecule has 0 radical (unpaired) electrons. The van der Waals surface area contributed by atoms with Gasteiger partial charge in [0, 0.05) is 30.5 Å². The Morgan fingerprint density at radius 3 is 2.63 bits per heavy atom. The summed E-state index contributed by atoms with van der Waals surface area (Å²) < 4.78 is 11.1. The third-order valence-corrected chi connectivity index (χ3v) is 5.92. The van der Waals surface area contributed by atoms with Crippen LogP contribution in [0.2, 0.25) is 5.02 Å². The Labute approximate surface area is 182 Å². The van der Waals surface area contributed by atoms with Crippen LogP contribution in [-0.4, -0.2) is 42.8 Å². The van der Waals surface area contributed by atoms with Gasteiger partial charge in [-0.05, 0) is 49.9 Å². The summed E-state index contributed by atoms with van der Waals surface area (Å²) in [5.74, 6) is 0. The van der Waals surface area contributed by atoms with E-state index in [4.69, 9.17) is 21.1 Å². The smallest absolute Gasteiger partial charge is 0.411 e. The Balaban J connectivity index is 1.71. The number of aryl methyl sites for hydroxylation is 2. The summed E-state index contributed by atoms with van der Waals surface area (Å²) in [7, 11) is 0. The van der Waals surface area contributed by atoms with E-state index in [1.807, 2.05) is 50.2 Å². The molecule has 1 aliphatic heterocycles. The summed E-state index contributed by atoms with van der Waals surface area (Å²) in [6.07, 6.45) is 1.41. The number of hydrogen-bond acceptors (Lipinski definition) is 4. The molecule has 0 saturated carbocycles. The van der Waals surface area contributed by atoms with E-state index in [-0.39, 0.29) is 6.61 Å². The summed E-state index contributed by atoms with van der Waals surface area (Å²) in [6.45, 7) is 5.34. The van der Waals surface area contributed by atoms with Gasteiger partial charge in [0.05, 0.1) is 5.54 Å². The van der Waals surface area contributed by atoms with Gasteiger partial charge in [-0.2, -0.15) is 0 Å². The van der Waals surface area contributed by atoms with Gasteiger partial charge in [0.2, 0.25) is 6.41 Å². The highest BCUT2D eigenvalue weighted by molar-refractivity contribution is 6.31. The van der Waals surface area contributed by atoms with Crippen LogP contribution in [0, 0.1) is 13.8 Å². The fourth-order valence-corrected chi connectivity index (χ4v) is 3.89. The Bertz CT molecular complexity index is 897. The number of carbonyl (C=O) groups excluding carboxylic acids is 2. The molecule has 1 saturated heterocycles. The third kappa shape index (κ3) is 5.32. The van der Waals surface area contributed by atoms with Gasteiger partial charge in [-0.3, -0.25) is 10.1 Å². The molecule has 30 heavy (non-hydrogen) atoms. The predicted octanol–water partition coefficient (Wildman–Crippen LogP) is 4.71. The van der Waals surface area contributed by atoms with Gasteiger partial charge >= 0.3 is 6.09 Å². The molecule has 2 amide bonds. The molecule has 0 aromatic heterocycles. The van der Waals surface area contributed by atoms with Gasteiger partial charge < -0.3 is 14.4 Å². The second kappa shape index (κ2) is 9.96. The van der Waals surface area contributed by atoms with E-state index in [1.165, 1.54) is 0 Å². The Morgan fingerprint density at radius 1 is 1.23 bits per heavy atom. The average Bonchev–Trinajstić information content (AvgIpc) is 2.74. The van der Waals surface area contributed by atoms with E-state index in [9.17, 15) is 9.59 Å². The molecule has 160 valence electrons. The predicted molar refractivity (Wildman–Crippen MR) is 117 cm³/mol. The molecule has 0 unspecified atom stereocenters. The first-order chi connectivity index (χ1) is 14.4. The van der Waals surface area contributed by atoms with Crippen molar-refractivity contribution in [2.24, 2.45) is 0 Å². The van der Waals surface area contributed by atoms with Gasteiger partial charge in [0.15, 0.2) is 0 Å². The molecule has 1 N–H and O–H groups in total. The summed E-state index contributed by atoms with van der Waals surface area (Å²) >= 11 is 6.29. The number of hydrogen-bond donors (Lipinski definition) is 1. The number of nitrogens with zero attached hydrogens (tertiary/aromatic N) is 1. The second-order valence-corrected chi connectivity index (χ2v) is 8.09. The van der Waals surface area contributed by atoms with Crippen LogP contribution in [0.1, 0.15) is 29.5 Å². The number of carbonyl (C=O) groups is 2. The van der Waals surface area contributed by atoms with E-state index in [1.54, 1.807) is 11.0 Å². The summed E-state index contributed by atoms with van der Waals surface area (Å²) in [5.41, 5.74) is 2.99. The van der Waals surface area contributed by atoms with Gasteiger partial charge in [-0.1, -0.05) is 47.5 Å². The summed E-state index contributed by atoms with van der Waals surface area (Å²) in [5, 5.41) is 3.39. The second-order valence-electron chi connectivity index (χ2n) is 7.68. The standard InChI is InChI=1S/C23H27ClN2O4/c1-17-7-8-21(18(2)13-17)25-22(28)30-15-23(9-11-29-12-10-23)26(16-27)14-19-5-3-4-6-20(19)24/h3-8,13,16H,9-12,14-15H2,1-2H3,(H,25,28). The van der Waals surface area contributed by atoms with Crippen molar-refractivity contribution in [2.75, 3.05) is 25.1 Å². The van der Waals surface area contributed by atoms with E-state index in [2.05, 4.69) is 5.32 Å². The molecule has 1 fully saturated rings. The maximum atomic E-state index is 12.5.